The number of alkyl halides is 17. The Morgan fingerprint density at radius 3 is 0.806 bits per heavy atom. The Morgan fingerprint density at radius 1 is 0.323 bits per heavy atom. The van der Waals surface area contributed by atoms with Gasteiger partial charge in [0.05, 0.1) is 0 Å². The molecule has 2 rings (SSSR count). The Balaban J connectivity index is 3.37. The smallest absolute Gasteiger partial charge is 0.232 e. The second kappa shape index (κ2) is 5.30. The zero-order valence-corrected chi connectivity index (χ0v) is 14.9. The van der Waals surface area contributed by atoms with Crippen molar-refractivity contribution < 1.29 is 74.6 Å². The summed E-state index contributed by atoms with van der Waals surface area (Å²) in [5.74, 6) is -56.3. The normalized spacial score (nSPS) is 43.7. The lowest BCUT2D eigenvalue weighted by Crippen LogP contribution is -3.00. The van der Waals surface area contributed by atoms with Crippen LogP contribution in [-0.4, -0.2) is 58.5 Å². The lowest BCUT2D eigenvalue weighted by molar-refractivity contribution is -0.554. The van der Waals surface area contributed by atoms with Crippen LogP contribution in [0, 0.1) is 5.41 Å². The number of rotatable bonds is 0. The molecular formula is C14H9F17. The molecule has 0 aromatic carbocycles. The van der Waals surface area contributed by atoms with E-state index >= 15 is 8.78 Å². The number of hydrogen-bond donors (Lipinski definition) is 0. The molecule has 2 saturated carbocycles. The van der Waals surface area contributed by atoms with E-state index in [0.717, 1.165) is 0 Å². The van der Waals surface area contributed by atoms with Gasteiger partial charge in [0.1, 0.15) is 0 Å². The van der Waals surface area contributed by atoms with Crippen molar-refractivity contribution in [2.75, 3.05) is 0 Å². The predicted octanol–water partition coefficient (Wildman–Crippen LogP) is 6.63. The Kier molecular flexibility index (Phi) is 4.46. The highest BCUT2D eigenvalue weighted by Crippen LogP contribution is 2.82. The average Bonchev–Trinajstić information content (AvgIpc) is 2.54. The lowest BCUT2D eigenvalue weighted by Gasteiger charge is -2.67. The first-order chi connectivity index (χ1) is 13.0. The first kappa shape index (κ1) is 26.1. The van der Waals surface area contributed by atoms with Gasteiger partial charge in [-0.15, -0.1) is 0 Å². The van der Waals surface area contributed by atoms with Crippen LogP contribution in [0.3, 0.4) is 0 Å². The quantitative estimate of drug-likeness (QED) is 0.328. The third-order valence-corrected chi connectivity index (χ3v) is 5.69. The van der Waals surface area contributed by atoms with Gasteiger partial charge in [-0.25, -0.2) is 13.2 Å². The van der Waals surface area contributed by atoms with E-state index in [-0.39, 0.29) is 20.8 Å². The van der Waals surface area contributed by atoms with Crippen molar-refractivity contribution in [2.24, 2.45) is 5.41 Å². The molecule has 0 aromatic heterocycles. The molecule has 17 heteroatoms. The van der Waals surface area contributed by atoms with Crippen molar-refractivity contribution in [1.82, 2.24) is 0 Å². The standard InChI is InChI=1S/C14H9F17/c1-4(2,3)5(15)6(16)7(17,10(22,23)12(26,27)8(5,18)19)11(24,25)14(30,31)13(28,29)9(6,20)21/h1-3H3. The summed E-state index contributed by atoms with van der Waals surface area (Å²) in [7, 11) is 0. The predicted molar refractivity (Wildman–Crippen MR) is 65.6 cm³/mol. The highest BCUT2D eigenvalue weighted by Gasteiger charge is 3.14. The molecule has 3 atom stereocenters. The average molecular weight is 500 g/mol. The first-order valence-corrected chi connectivity index (χ1v) is 7.71. The molecule has 2 aliphatic rings. The van der Waals surface area contributed by atoms with Gasteiger partial charge >= 0.3 is 41.5 Å². The van der Waals surface area contributed by atoms with Crippen LogP contribution in [0.4, 0.5) is 74.6 Å². The number of hydrogen-bond acceptors (Lipinski definition) is 0. The first-order valence-electron chi connectivity index (χ1n) is 7.71. The van der Waals surface area contributed by atoms with E-state index < -0.39 is 63.9 Å². The molecule has 0 nitrogen and oxygen atoms in total. The fourth-order valence-corrected chi connectivity index (χ4v) is 3.96. The molecule has 31 heavy (non-hydrogen) atoms. The van der Waals surface area contributed by atoms with Crippen molar-refractivity contribution in [1.29, 1.82) is 0 Å². The third kappa shape index (κ3) is 1.82. The molecule has 0 bridgehead atoms. The monoisotopic (exact) mass is 500 g/mol. The van der Waals surface area contributed by atoms with E-state index in [4.69, 9.17) is 0 Å². The number of fused-ring (bicyclic) bond motifs is 1. The molecule has 2 aliphatic carbocycles. The minimum absolute atomic E-state index is 0.318. The zero-order chi connectivity index (χ0) is 25.5. The van der Waals surface area contributed by atoms with Crippen LogP contribution in [0.15, 0.2) is 0 Å². The fourth-order valence-electron chi connectivity index (χ4n) is 3.96. The molecule has 0 saturated heterocycles. The molecule has 3 unspecified atom stereocenters. The van der Waals surface area contributed by atoms with Gasteiger partial charge in [-0.3, -0.25) is 0 Å². The van der Waals surface area contributed by atoms with Gasteiger partial charge in [-0.1, -0.05) is 20.8 Å². The van der Waals surface area contributed by atoms with E-state index in [0.29, 0.717) is 0 Å². The summed E-state index contributed by atoms with van der Waals surface area (Å²) >= 11 is 0. The molecule has 0 spiro atoms. The van der Waals surface area contributed by atoms with Crippen LogP contribution in [-0.2, 0) is 0 Å². The summed E-state index contributed by atoms with van der Waals surface area (Å²) in [4.78, 5) is 0. The van der Waals surface area contributed by atoms with Crippen molar-refractivity contribution in [2.45, 2.75) is 79.2 Å². The molecule has 2 fully saturated rings. The van der Waals surface area contributed by atoms with Crippen LogP contribution >= 0.6 is 0 Å². The van der Waals surface area contributed by atoms with Crippen LogP contribution in [0.1, 0.15) is 20.8 Å². The summed E-state index contributed by atoms with van der Waals surface area (Å²) in [5.41, 5.74) is -27.5. The summed E-state index contributed by atoms with van der Waals surface area (Å²) < 4.78 is 240. The summed E-state index contributed by atoms with van der Waals surface area (Å²) in [6.07, 6.45) is 0. The van der Waals surface area contributed by atoms with E-state index in [1.807, 2.05) is 0 Å². The largest absolute Gasteiger partial charge is 0.382 e. The molecule has 0 radical (unpaired) electrons. The van der Waals surface area contributed by atoms with Gasteiger partial charge in [0.25, 0.3) is 11.3 Å². The molecule has 0 N–H and O–H groups in total. The maximum Gasteiger partial charge on any atom is 0.382 e. The number of halogens is 17. The van der Waals surface area contributed by atoms with E-state index in [1.165, 1.54) is 0 Å². The molecular weight excluding hydrogens is 491 g/mol. The van der Waals surface area contributed by atoms with Crippen LogP contribution in [0.5, 0.6) is 0 Å². The van der Waals surface area contributed by atoms with Crippen LogP contribution in [0.2, 0.25) is 0 Å². The minimum atomic E-state index is -8.31. The maximum atomic E-state index is 15.3. The van der Waals surface area contributed by atoms with Crippen molar-refractivity contribution in [3.63, 3.8) is 0 Å². The maximum absolute atomic E-state index is 15.3. The Morgan fingerprint density at radius 2 is 0.548 bits per heavy atom. The summed E-state index contributed by atoms with van der Waals surface area (Å²) in [6, 6.07) is 0. The van der Waals surface area contributed by atoms with Gasteiger partial charge in [0.15, 0.2) is 0 Å². The van der Waals surface area contributed by atoms with Gasteiger partial charge < -0.3 is 0 Å². The lowest BCUT2D eigenvalue weighted by atomic mass is 9.46. The molecule has 184 valence electrons. The Labute approximate surface area is 160 Å². The zero-order valence-electron chi connectivity index (χ0n) is 14.9. The summed E-state index contributed by atoms with van der Waals surface area (Å²) in [6.45, 7) is -0.954. The summed E-state index contributed by atoms with van der Waals surface area (Å²) in [5, 5.41) is 0. The van der Waals surface area contributed by atoms with Crippen molar-refractivity contribution >= 4 is 0 Å². The SMILES string of the molecule is CC(C)(C)C1(F)C(F)(F)C(F)(F)C(F)(F)C2(F)C(F)(F)C(F)(F)C(F)(F)C(F)(F)C12F. The minimum Gasteiger partial charge on any atom is -0.232 e. The van der Waals surface area contributed by atoms with Crippen molar-refractivity contribution in [3.05, 3.63) is 0 Å². The van der Waals surface area contributed by atoms with Gasteiger partial charge in [0.2, 0.25) is 5.67 Å². The van der Waals surface area contributed by atoms with Crippen LogP contribution < -0.4 is 0 Å². The van der Waals surface area contributed by atoms with E-state index in [1.54, 1.807) is 0 Å². The molecule has 0 aromatic rings. The molecule has 0 amide bonds. The fraction of sp³-hybridized carbons (Fsp3) is 1.00. The second-order valence-corrected chi connectivity index (χ2v) is 8.25. The van der Waals surface area contributed by atoms with Crippen LogP contribution in [0.25, 0.3) is 0 Å². The van der Waals surface area contributed by atoms with Crippen molar-refractivity contribution in [3.8, 4) is 0 Å². The second-order valence-electron chi connectivity index (χ2n) is 8.25. The Bertz CT molecular complexity index is 781. The van der Waals surface area contributed by atoms with Gasteiger partial charge in [-0.2, -0.15) is 61.5 Å². The third-order valence-electron chi connectivity index (χ3n) is 5.69. The molecule has 0 aliphatic heterocycles. The van der Waals surface area contributed by atoms with E-state index in [9.17, 15) is 65.9 Å². The van der Waals surface area contributed by atoms with E-state index in [2.05, 4.69) is 0 Å². The topological polar surface area (TPSA) is 0 Å². The Hall–Kier alpha value is -1.19. The van der Waals surface area contributed by atoms with Gasteiger partial charge in [-0.05, 0) is 0 Å². The highest BCUT2D eigenvalue weighted by molar-refractivity contribution is 5.45. The highest BCUT2D eigenvalue weighted by atomic mass is 19.4. The molecule has 0 heterocycles. The van der Waals surface area contributed by atoms with Gasteiger partial charge in [0, 0.05) is 5.41 Å².